The van der Waals surface area contributed by atoms with Crippen molar-refractivity contribution in [2.75, 3.05) is 18.5 Å². The van der Waals surface area contributed by atoms with Crippen LogP contribution in [0.15, 0.2) is 48.5 Å². The van der Waals surface area contributed by atoms with Gasteiger partial charge in [0.1, 0.15) is 17.2 Å². The summed E-state index contributed by atoms with van der Waals surface area (Å²) in [6.45, 7) is 0.299. The summed E-state index contributed by atoms with van der Waals surface area (Å²) in [7, 11) is 0. The van der Waals surface area contributed by atoms with Gasteiger partial charge >= 0.3 is 12.6 Å². The lowest BCUT2D eigenvalue weighted by Gasteiger charge is -2.16. The van der Waals surface area contributed by atoms with Crippen molar-refractivity contribution in [2.45, 2.75) is 26.6 Å². The topological polar surface area (TPSA) is 83.1 Å². The molecule has 0 saturated heterocycles. The van der Waals surface area contributed by atoms with E-state index in [2.05, 4.69) is 10.1 Å². The van der Waals surface area contributed by atoms with E-state index in [4.69, 9.17) is 14.2 Å². The molecule has 0 unspecified atom stereocenters. The van der Waals surface area contributed by atoms with Crippen molar-refractivity contribution in [1.82, 2.24) is 0 Å². The van der Waals surface area contributed by atoms with Crippen molar-refractivity contribution >= 4 is 17.6 Å². The SMILES string of the molecule is CCOc1ccc(OCC(=O)O[C@H](C)C(=O)Nc2ccccc2OC(F)F)cc1. The maximum Gasteiger partial charge on any atom is 0.387 e. The smallest absolute Gasteiger partial charge is 0.387 e. The molecule has 0 heterocycles. The number of halogens is 2. The van der Waals surface area contributed by atoms with Crippen LogP contribution in [0.1, 0.15) is 13.8 Å². The fourth-order valence-corrected chi connectivity index (χ4v) is 2.23. The van der Waals surface area contributed by atoms with Crippen LogP contribution in [0.5, 0.6) is 17.2 Å². The third kappa shape index (κ3) is 7.28. The van der Waals surface area contributed by atoms with Gasteiger partial charge in [-0.25, -0.2) is 4.79 Å². The number of nitrogens with one attached hydrogen (secondary N) is 1. The Kier molecular flexibility index (Phi) is 8.20. The lowest BCUT2D eigenvalue weighted by atomic mass is 10.2. The number of hydrogen-bond donors (Lipinski definition) is 1. The van der Waals surface area contributed by atoms with Crippen LogP contribution in [0.2, 0.25) is 0 Å². The summed E-state index contributed by atoms with van der Waals surface area (Å²) in [4.78, 5) is 24.1. The van der Waals surface area contributed by atoms with Gasteiger partial charge in [0.2, 0.25) is 0 Å². The molecular formula is C20H21F2NO6. The van der Waals surface area contributed by atoms with E-state index in [-0.39, 0.29) is 11.4 Å². The predicted octanol–water partition coefficient (Wildman–Crippen LogP) is 3.64. The predicted molar refractivity (Wildman–Crippen MR) is 100 cm³/mol. The molecule has 7 nitrogen and oxygen atoms in total. The summed E-state index contributed by atoms with van der Waals surface area (Å²) in [6, 6.07) is 12.3. The van der Waals surface area contributed by atoms with Crippen LogP contribution in [-0.2, 0) is 14.3 Å². The van der Waals surface area contributed by atoms with Gasteiger partial charge < -0.3 is 24.3 Å². The zero-order valence-corrected chi connectivity index (χ0v) is 15.9. The maximum atomic E-state index is 12.4. The van der Waals surface area contributed by atoms with Gasteiger partial charge in [0.15, 0.2) is 12.7 Å². The summed E-state index contributed by atoms with van der Waals surface area (Å²) < 4.78 is 44.8. The molecule has 29 heavy (non-hydrogen) atoms. The monoisotopic (exact) mass is 409 g/mol. The number of esters is 1. The molecule has 2 rings (SSSR count). The van der Waals surface area contributed by atoms with Crippen LogP contribution in [-0.4, -0.2) is 37.8 Å². The molecule has 0 aromatic heterocycles. The molecule has 0 fully saturated rings. The summed E-state index contributed by atoms with van der Waals surface area (Å²) in [5, 5.41) is 2.38. The molecular weight excluding hydrogens is 388 g/mol. The fourth-order valence-electron chi connectivity index (χ4n) is 2.23. The first-order chi connectivity index (χ1) is 13.9. The largest absolute Gasteiger partial charge is 0.494 e. The molecule has 1 atom stereocenters. The minimum atomic E-state index is -3.04. The van der Waals surface area contributed by atoms with Crippen LogP contribution >= 0.6 is 0 Å². The van der Waals surface area contributed by atoms with Crippen molar-refractivity contribution in [2.24, 2.45) is 0 Å². The maximum absolute atomic E-state index is 12.4. The molecule has 0 aliphatic heterocycles. The first-order valence-corrected chi connectivity index (χ1v) is 8.79. The van der Waals surface area contributed by atoms with E-state index in [1.54, 1.807) is 24.3 Å². The van der Waals surface area contributed by atoms with Crippen LogP contribution in [0.25, 0.3) is 0 Å². The first kappa shape index (κ1) is 21.9. The Hall–Kier alpha value is -3.36. The molecule has 2 aromatic rings. The molecule has 2 aromatic carbocycles. The normalized spacial score (nSPS) is 11.5. The van der Waals surface area contributed by atoms with E-state index in [0.29, 0.717) is 18.1 Å². The molecule has 0 aliphatic carbocycles. The Balaban J connectivity index is 1.83. The average molecular weight is 409 g/mol. The Morgan fingerprint density at radius 3 is 2.24 bits per heavy atom. The van der Waals surface area contributed by atoms with E-state index in [1.807, 2.05) is 6.92 Å². The number of carbonyl (C=O) groups is 2. The highest BCUT2D eigenvalue weighted by atomic mass is 19.3. The Labute approximate surface area is 166 Å². The average Bonchev–Trinajstić information content (AvgIpc) is 2.68. The third-order valence-electron chi connectivity index (χ3n) is 3.53. The second-order valence-corrected chi connectivity index (χ2v) is 5.69. The van der Waals surface area contributed by atoms with Gasteiger partial charge in [0, 0.05) is 0 Å². The molecule has 0 bridgehead atoms. The molecule has 0 aliphatic rings. The summed E-state index contributed by atoms with van der Waals surface area (Å²) >= 11 is 0. The quantitative estimate of drug-likeness (QED) is 0.604. The molecule has 0 radical (unpaired) electrons. The van der Waals surface area contributed by atoms with E-state index in [1.165, 1.54) is 31.2 Å². The number of amides is 1. The van der Waals surface area contributed by atoms with Crippen LogP contribution < -0.4 is 19.5 Å². The first-order valence-electron chi connectivity index (χ1n) is 8.79. The van der Waals surface area contributed by atoms with Gasteiger partial charge in [-0.2, -0.15) is 8.78 Å². The number of carbonyl (C=O) groups excluding carboxylic acids is 2. The van der Waals surface area contributed by atoms with E-state index < -0.39 is 31.2 Å². The molecule has 0 spiro atoms. The number of hydrogen-bond acceptors (Lipinski definition) is 6. The third-order valence-corrected chi connectivity index (χ3v) is 3.53. The Morgan fingerprint density at radius 2 is 1.62 bits per heavy atom. The van der Waals surface area contributed by atoms with Crippen LogP contribution in [0.3, 0.4) is 0 Å². The molecule has 156 valence electrons. The number of benzene rings is 2. The van der Waals surface area contributed by atoms with Crippen molar-refractivity contribution in [1.29, 1.82) is 0 Å². The molecule has 0 saturated carbocycles. The zero-order chi connectivity index (χ0) is 21.2. The van der Waals surface area contributed by atoms with E-state index >= 15 is 0 Å². The minimum absolute atomic E-state index is 0.0336. The summed E-state index contributed by atoms with van der Waals surface area (Å²) in [6.07, 6.45) is -1.17. The number of alkyl halides is 2. The second kappa shape index (κ2) is 10.8. The highest BCUT2D eigenvalue weighted by molar-refractivity contribution is 5.96. The number of anilines is 1. The van der Waals surface area contributed by atoms with Crippen LogP contribution in [0.4, 0.5) is 14.5 Å². The lowest BCUT2D eigenvalue weighted by molar-refractivity contribution is -0.155. The van der Waals surface area contributed by atoms with Crippen LogP contribution in [0, 0.1) is 0 Å². The van der Waals surface area contributed by atoms with Crippen molar-refractivity contribution in [3.05, 3.63) is 48.5 Å². The minimum Gasteiger partial charge on any atom is -0.494 e. The highest BCUT2D eigenvalue weighted by Crippen LogP contribution is 2.25. The standard InChI is InChI=1S/C20H21F2NO6/c1-3-26-14-8-10-15(11-9-14)27-12-18(24)28-13(2)19(25)23-16-6-4-5-7-17(16)29-20(21)22/h4-11,13,20H,3,12H2,1-2H3,(H,23,25)/t13-/m1/s1. The van der Waals surface area contributed by atoms with Gasteiger partial charge in [-0.3, -0.25) is 4.79 Å². The van der Waals surface area contributed by atoms with E-state index in [0.717, 1.165) is 0 Å². The summed E-state index contributed by atoms with van der Waals surface area (Å²) in [5.41, 5.74) is 0.0336. The zero-order valence-electron chi connectivity index (χ0n) is 15.9. The van der Waals surface area contributed by atoms with Gasteiger partial charge in [-0.15, -0.1) is 0 Å². The lowest BCUT2D eigenvalue weighted by Crippen LogP contribution is -2.31. The van der Waals surface area contributed by atoms with E-state index in [9.17, 15) is 18.4 Å². The summed E-state index contributed by atoms with van der Waals surface area (Å²) in [5.74, 6) is -0.569. The Bertz CT molecular complexity index is 813. The van der Waals surface area contributed by atoms with Crippen molar-refractivity contribution in [3.63, 3.8) is 0 Å². The van der Waals surface area contributed by atoms with Gasteiger partial charge in [0.25, 0.3) is 5.91 Å². The highest BCUT2D eigenvalue weighted by Gasteiger charge is 2.20. The fraction of sp³-hybridized carbons (Fsp3) is 0.300. The van der Waals surface area contributed by atoms with Gasteiger partial charge in [-0.05, 0) is 50.2 Å². The van der Waals surface area contributed by atoms with Crippen molar-refractivity contribution in [3.8, 4) is 17.2 Å². The van der Waals surface area contributed by atoms with Gasteiger partial charge in [-0.1, -0.05) is 12.1 Å². The van der Waals surface area contributed by atoms with Gasteiger partial charge in [0.05, 0.1) is 12.3 Å². The number of ether oxygens (including phenoxy) is 4. The second-order valence-electron chi connectivity index (χ2n) is 5.69. The molecule has 1 N–H and O–H groups in total. The molecule has 1 amide bonds. The number of para-hydroxylation sites is 2. The number of rotatable bonds is 10. The molecule has 9 heteroatoms. The van der Waals surface area contributed by atoms with Crippen molar-refractivity contribution < 1.29 is 37.3 Å². The Morgan fingerprint density at radius 1 is 1.00 bits per heavy atom.